The van der Waals surface area contributed by atoms with Crippen LogP contribution in [0.25, 0.3) is 0 Å². The van der Waals surface area contributed by atoms with E-state index in [0.717, 1.165) is 18.0 Å². The first-order valence-electron chi connectivity index (χ1n) is 5.96. The molecule has 1 nitrogen and oxygen atoms in total. The van der Waals surface area contributed by atoms with Crippen molar-refractivity contribution in [2.75, 3.05) is 12.8 Å². The molecule has 1 unspecified atom stereocenters. The van der Waals surface area contributed by atoms with Crippen molar-refractivity contribution in [3.8, 4) is 0 Å². The highest BCUT2D eigenvalue weighted by molar-refractivity contribution is 7.99. The standard InChI is InChI=1S/C14H22ClNS/c1-11(16-10-14(2,3)17-4)9-12-5-7-13(15)8-6-12/h5-8,11,16H,9-10H2,1-4H3. The van der Waals surface area contributed by atoms with E-state index in [0.29, 0.717) is 10.8 Å². The smallest absolute Gasteiger partial charge is 0.0406 e. The molecule has 0 saturated carbocycles. The lowest BCUT2D eigenvalue weighted by Gasteiger charge is -2.25. The van der Waals surface area contributed by atoms with E-state index in [4.69, 9.17) is 11.6 Å². The molecule has 1 rings (SSSR count). The summed E-state index contributed by atoms with van der Waals surface area (Å²) in [4.78, 5) is 0. The summed E-state index contributed by atoms with van der Waals surface area (Å²) in [6.45, 7) is 7.79. The van der Waals surface area contributed by atoms with Crippen LogP contribution in [0.2, 0.25) is 5.02 Å². The summed E-state index contributed by atoms with van der Waals surface area (Å²) in [5.74, 6) is 0. The van der Waals surface area contributed by atoms with Crippen molar-refractivity contribution >= 4 is 23.4 Å². The summed E-state index contributed by atoms with van der Waals surface area (Å²) >= 11 is 7.77. The van der Waals surface area contributed by atoms with Gasteiger partial charge in [0, 0.05) is 22.4 Å². The van der Waals surface area contributed by atoms with Crippen LogP contribution in [-0.2, 0) is 6.42 Å². The molecular formula is C14H22ClNS. The summed E-state index contributed by atoms with van der Waals surface area (Å²) in [5, 5.41) is 4.39. The minimum Gasteiger partial charge on any atom is -0.313 e. The van der Waals surface area contributed by atoms with Gasteiger partial charge in [-0.05, 0) is 51.1 Å². The average molecular weight is 272 g/mol. The van der Waals surface area contributed by atoms with Crippen LogP contribution < -0.4 is 5.32 Å². The lowest BCUT2D eigenvalue weighted by molar-refractivity contribution is 0.504. The van der Waals surface area contributed by atoms with Crippen molar-refractivity contribution in [2.24, 2.45) is 0 Å². The Balaban J connectivity index is 2.39. The Morgan fingerprint density at radius 2 is 1.88 bits per heavy atom. The zero-order valence-corrected chi connectivity index (χ0v) is 12.7. The van der Waals surface area contributed by atoms with Gasteiger partial charge in [-0.2, -0.15) is 11.8 Å². The number of benzene rings is 1. The fourth-order valence-corrected chi connectivity index (χ4v) is 1.89. The molecule has 0 radical (unpaired) electrons. The maximum atomic E-state index is 5.87. The Hall–Kier alpha value is -0.180. The van der Waals surface area contributed by atoms with Crippen molar-refractivity contribution in [3.63, 3.8) is 0 Å². The largest absolute Gasteiger partial charge is 0.313 e. The molecule has 0 aliphatic rings. The van der Waals surface area contributed by atoms with Gasteiger partial charge in [0.1, 0.15) is 0 Å². The van der Waals surface area contributed by atoms with E-state index in [1.165, 1.54) is 5.56 Å². The third kappa shape index (κ3) is 5.80. The molecule has 1 aromatic carbocycles. The Morgan fingerprint density at radius 1 is 1.29 bits per heavy atom. The zero-order valence-electron chi connectivity index (χ0n) is 11.1. The van der Waals surface area contributed by atoms with E-state index in [9.17, 15) is 0 Å². The van der Waals surface area contributed by atoms with Crippen LogP contribution in [-0.4, -0.2) is 23.6 Å². The number of hydrogen-bond acceptors (Lipinski definition) is 2. The minimum absolute atomic E-state index is 0.300. The van der Waals surface area contributed by atoms with Crippen molar-refractivity contribution in [1.29, 1.82) is 0 Å². The van der Waals surface area contributed by atoms with E-state index >= 15 is 0 Å². The van der Waals surface area contributed by atoms with Gasteiger partial charge < -0.3 is 5.32 Å². The SMILES string of the molecule is CSC(C)(C)CNC(C)Cc1ccc(Cl)cc1. The molecule has 0 spiro atoms. The van der Waals surface area contributed by atoms with Gasteiger partial charge in [-0.25, -0.2) is 0 Å². The first-order valence-corrected chi connectivity index (χ1v) is 7.56. The molecule has 0 fully saturated rings. The Bertz CT molecular complexity index is 335. The van der Waals surface area contributed by atoms with Crippen LogP contribution in [0.4, 0.5) is 0 Å². The zero-order chi connectivity index (χ0) is 12.9. The number of halogens is 1. The van der Waals surface area contributed by atoms with E-state index in [2.05, 4.69) is 44.5 Å². The second-order valence-electron chi connectivity index (χ2n) is 5.08. The van der Waals surface area contributed by atoms with Crippen molar-refractivity contribution in [2.45, 2.75) is 38.0 Å². The Labute approximate surface area is 114 Å². The number of rotatable bonds is 6. The summed E-state index contributed by atoms with van der Waals surface area (Å²) in [6, 6.07) is 8.59. The third-order valence-corrected chi connectivity index (χ3v) is 4.39. The normalized spacial score (nSPS) is 13.7. The second kappa shape index (κ2) is 6.67. The maximum Gasteiger partial charge on any atom is 0.0406 e. The number of nitrogens with one attached hydrogen (secondary N) is 1. The molecule has 1 aromatic rings. The van der Waals surface area contributed by atoms with Crippen molar-refractivity contribution in [1.82, 2.24) is 5.32 Å². The summed E-state index contributed by atoms with van der Waals surface area (Å²) < 4.78 is 0.300. The predicted molar refractivity (Wildman–Crippen MR) is 80.2 cm³/mol. The van der Waals surface area contributed by atoms with E-state index in [1.54, 1.807) is 0 Å². The minimum atomic E-state index is 0.300. The highest BCUT2D eigenvalue weighted by Gasteiger charge is 2.16. The molecule has 0 bridgehead atoms. The van der Waals surface area contributed by atoms with Crippen LogP contribution in [0.1, 0.15) is 26.3 Å². The quantitative estimate of drug-likeness (QED) is 0.839. The van der Waals surface area contributed by atoms with Crippen molar-refractivity contribution < 1.29 is 0 Å². The molecule has 17 heavy (non-hydrogen) atoms. The monoisotopic (exact) mass is 271 g/mol. The van der Waals surface area contributed by atoms with Gasteiger partial charge in [0.2, 0.25) is 0 Å². The van der Waals surface area contributed by atoms with E-state index in [-0.39, 0.29) is 0 Å². The second-order valence-corrected chi connectivity index (χ2v) is 7.03. The van der Waals surface area contributed by atoms with Crippen molar-refractivity contribution in [3.05, 3.63) is 34.9 Å². The summed E-state index contributed by atoms with van der Waals surface area (Å²) in [6.07, 6.45) is 3.20. The molecule has 3 heteroatoms. The van der Waals surface area contributed by atoms with E-state index in [1.807, 2.05) is 23.9 Å². The highest BCUT2D eigenvalue weighted by Crippen LogP contribution is 2.20. The molecule has 0 amide bonds. The topological polar surface area (TPSA) is 12.0 Å². The van der Waals surface area contributed by atoms with Crippen LogP contribution in [0.5, 0.6) is 0 Å². The fraction of sp³-hybridized carbons (Fsp3) is 0.571. The van der Waals surface area contributed by atoms with Gasteiger partial charge in [0.15, 0.2) is 0 Å². The summed E-state index contributed by atoms with van der Waals surface area (Å²) in [5.41, 5.74) is 1.33. The van der Waals surface area contributed by atoms with Gasteiger partial charge in [0.25, 0.3) is 0 Å². The molecule has 1 N–H and O–H groups in total. The van der Waals surface area contributed by atoms with Gasteiger partial charge in [-0.1, -0.05) is 23.7 Å². The van der Waals surface area contributed by atoms with E-state index < -0.39 is 0 Å². The Morgan fingerprint density at radius 3 is 2.41 bits per heavy atom. The predicted octanol–water partition coefficient (Wildman–Crippen LogP) is 4.00. The molecule has 0 heterocycles. The van der Waals surface area contributed by atoms with Crippen LogP contribution in [0, 0.1) is 0 Å². The van der Waals surface area contributed by atoms with Crippen LogP contribution in [0.15, 0.2) is 24.3 Å². The first-order chi connectivity index (χ1) is 7.93. The van der Waals surface area contributed by atoms with Gasteiger partial charge >= 0.3 is 0 Å². The highest BCUT2D eigenvalue weighted by atomic mass is 35.5. The molecule has 96 valence electrons. The molecule has 0 aromatic heterocycles. The molecule has 1 atom stereocenters. The fourth-order valence-electron chi connectivity index (χ4n) is 1.54. The Kier molecular flexibility index (Phi) is 5.84. The third-order valence-electron chi connectivity index (χ3n) is 2.88. The molecule has 0 aliphatic heterocycles. The maximum absolute atomic E-state index is 5.87. The average Bonchev–Trinajstić information content (AvgIpc) is 2.30. The molecule has 0 aliphatic carbocycles. The van der Waals surface area contributed by atoms with Gasteiger partial charge in [0.05, 0.1) is 0 Å². The van der Waals surface area contributed by atoms with Gasteiger partial charge in [-0.3, -0.25) is 0 Å². The molecule has 0 saturated heterocycles. The number of hydrogen-bond donors (Lipinski definition) is 1. The first kappa shape index (κ1) is 14.9. The summed E-state index contributed by atoms with van der Waals surface area (Å²) in [7, 11) is 0. The van der Waals surface area contributed by atoms with Gasteiger partial charge in [-0.15, -0.1) is 0 Å². The molecular weight excluding hydrogens is 250 g/mol. The van der Waals surface area contributed by atoms with Crippen LogP contribution >= 0.6 is 23.4 Å². The number of thioether (sulfide) groups is 1. The van der Waals surface area contributed by atoms with Crippen LogP contribution in [0.3, 0.4) is 0 Å². The lowest BCUT2D eigenvalue weighted by atomic mass is 10.1. The lowest BCUT2D eigenvalue weighted by Crippen LogP contribution is -2.38.